The number of hydrogen-bond acceptors (Lipinski definition) is 1. The summed E-state index contributed by atoms with van der Waals surface area (Å²) in [4.78, 5) is 0. The van der Waals surface area contributed by atoms with Crippen LogP contribution in [0.5, 0.6) is 0 Å². The van der Waals surface area contributed by atoms with Crippen LogP contribution < -0.4 is 5.32 Å². The Kier molecular flexibility index (Phi) is 5.63. The molecule has 0 unspecified atom stereocenters. The van der Waals surface area contributed by atoms with E-state index in [9.17, 15) is 0 Å². The molecule has 0 fully saturated rings. The first-order chi connectivity index (χ1) is 10.1. The summed E-state index contributed by atoms with van der Waals surface area (Å²) < 4.78 is 2.45. The Labute approximate surface area is 129 Å². The second kappa shape index (κ2) is 7.46. The van der Waals surface area contributed by atoms with Crippen LogP contribution in [0.2, 0.25) is 0 Å². The van der Waals surface area contributed by atoms with Gasteiger partial charge in [-0.15, -0.1) is 0 Å². The van der Waals surface area contributed by atoms with E-state index in [4.69, 9.17) is 0 Å². The topological polar surface area (TPSA) is 17.0 Å². The average molecular weight is 284 g/mol. The third-order valence-corrected chi connectivity index (χ3v) is 4.28. The zero-order chi connectivity index (χ0) is 15.2. The molecule has 2 heteroatoms. The molecule has 0 bridgehead atoms. The van der Waals surface area contributed by atoms with Crippen molar-refractivity contribution in [3.05, 3.63) is 58.9 Å². The van der Waals surface area contributed by atoms with Crippen molar-refractivity contribution >= 4 is 0 Å². The maximum absolute atomic E-state index is 3.55. The lowest BCUT2D eigenvalue weighted by atomic mass is 10.1. The van der Waals surface area contributed by atoms with Crippen LogP contribution in [0.1, 0.15) is 55.2 Å². The highest BCUT2D eigenvalue weighted by molar-refractivity contribution is 5.30. The van der Waals surface area contributed by atoms with Crippen LogP contribution in [-0.4, -0.2) is 11.1 Å². The Morgan fingerprint density at radius 3 is 2.52 bits per heavy atom. The number of aromatic nitrogens is 1. The molecule has 2 rings (SSSR count). The van der Waals surface area contributed by atoms with Gasteiger partial charge in [-0.2, -0.15) is 0 Å². The minimum atomic E-state index is 0.385. The number of nitrogens with one attached hydrogen (secondary N) is 1. The quantitative estimate of drug-likeness (QED) is 0.735. The number of unbranched alkanes of at least 4 members (excludes halogenated alkanes) is 1. The molecule has 1 atom stereocenters. The fourth-order valence-corrected chi connectivity index (χ4v) is 3.03. The van der Waals surface area contributed by atoms with Gasteiger partial charge < -0.3 is 9.88 Å². The first-order valence-corrected chi connectivity index (χ1v) is 8.08. The lowest BCUT2D eigenvalue weighted by molar-refractivity contribution is 0.600. The molecule has 0 amide bonds. The summed E-state index contributed by atoms with van der Waals surface area (Å²) in [7, 11) is 0. The Bertz CT molecular complexity index is 554. The van der Waals surface area contributed by atoms with Gasteiger partial charge in [0, 0.05) is 17.9 Å². The molecule has 1 heterocycles. The summed E-state index contributed by atoms with van der Waals surface area (Å²) in [6, 6.07) is 13.4. The van der Waals surface area contributed by atoms with E-state index in [0.29, 0.717) is 6.04 Å². The van der Waals surface area contributed by atoms with Gasteiger partial charge in [0.2, 0.25) is 0 Å². The standard InChI is InChI=1S/C19H28N2/c1-5-6-12-20-14-19-13-15(2)21(17(19)4)16(3)18-10-8-7-9-11-18/h7-11,13,16,20H,5-6,12,14H2,1-4H3/t16-/m0/s1. The third-order valence-electron chi connectivity index (χ3n) is 4.28. The van der Waals surface area contributed by atoms with E-state index in [-0.39, 0.29) is 0 Å². The van der Waals surface area contributed by atoms with Crippen LogP contribution >= 0.6 is 0 Å². The SMILES string of the molecule is CCCCNCc1cc(C)n([C@@H](C)c2ccccc2)c1C. The summed E-state index contributed by atoms with van der Waals surface area (Å²) in [6.07, 6.45) is 2.50. The lowest BCUT2D eigenvalue weighted by Gasteiger charge is -2.19. The van der Waals surface area contributed by atoms with E-state index in [1.807, 2.05) is 0 Å². The maximum Gasteiger partial charge on any atom is 0.0556 e. The second-order valence-electron chi connectivity index (χ2n) is 5.88. The molecule has 1 N–H and O–H groups in total. The average Bonchev–Trinajstić information content (AvgIpc) is 2.78. The molecular formula is C19H28N2. The molecule has 0 saturated carbocycles. The number of benzene rings is 1. The minimum absolute atomic E-state index is 0.385. The third kappa shape index (κ3) is 3.76. The van der Waals surface area contributed by atoms with Gasteiger partial charge in [-0.05, 0) is 50.9 Å². The summed E-state index contributed by atoms with van der Waals surface area (Å²) in [5, 5.41) is 3.55. The van der Waals surface area contributed by atoms with Crippen molar-refractivity contribution in [3.63, 3.8) is 0 Å². The Morgan fingerprint density at radius 1 is 1.14 bits per heavy atom. The number of nitrogens with zero attached hydrogens (tertiary/aromatic N) is 1. The van der Waals surface area contributed by atoms with Crippen molar-refractivity contribution in [3.8, 4) is 0 Å². The van der Waals surface area contributed by atoms with Gasteiger partial charge in [0.1, 0.15) is 0 Å². The summed E-state index contributed by atoms with van der Waals surface area (Å²) in [6.45, 7) is 11.0. The normalized spacial score (nSPS) is 12.6. The molecule has 2 aromatic rings. The minimum Gasteiger partial charge on any atom is -0.342 e. The molecule has 21 heavy (non-hydrogen) atoms. The van der Waals surface area contributed by atoms with Crippen LogP contribution in [0.3, 0.4) is 0 Å². The van der Waals surface area contributed by atoms with Crippen LogP contribution in [0.25, 0.3) is 0 Å². The molecule has 0 aliphatic rings. The zero-order valence-electron chi connectivity index (χ0n) is 13.8. The summed E-state index contributed by atoms with van der Waals surface area (Å²) >= 11 is 0. The van der Waals surface area contributed by atoms with Crippen molar-refractivity contribution < 1.29 is 0 Å². The van der Waals surface area contributed by atoms with E-state index in [2.05, 4.69) is 74.0 Å². The van der Waals surface area contributed by atoms with Gasteiger partial charge in [0.25, 0.3) is 0 Å². The summed E-state index contributed by atoms with van der Waals surface area (Å²) in [5.74, 6) is 0. The second-order valence-corrected chi connectivity index (χ2v) is 5.88. The molecule has 0 aliphatic heterocycles. The first-order valence-electron chi connectivity index (χ1n) is 8.08. The van der Waals surface area contributed by atoms with Crippen molar-refractivity contribution in [2.75, 3.05) is 6.54 Å². The molecule has 1 aromatic carbocycles. The van der Waals surface area contributed by atoms with Gasteiger partial charge in [-0.3, -0.25) is 0 Å². The fraction of sp³-hybridized carbons (Fsp3) is 0.474. The van der Waals surface area contributed by atoms with Crippen LogP contribution in [0.4, 0.5) is 0 Å². The highest BCUT2D eigenvalue weighted by atomic mass is 15.0. The first kappa shape index (κ1) is 15.8. The Morgan fingerprint density at radius 2 is 1.86 bits per heavy atom. The van der Waals surface area contributed by atoms with E-state index in [1.54, 1.807) is 0 Å². The molecule has 1 aromatic heterocycles. The van der Waals surface area contributed by atoms with Gasteiger partial charge in [-0.25, -0.2) is 0 Å². The highest BCUT2D eigenvalue weighted by Gasteiger charge is 2.15. The van der Waals surface area contributed by atoms with E-state index < -0.39 is 0 Å². The molecule has 0 aliphatic carbocycles. The number of hydrogen-bond donors (Lipinski definition) is 1. The smallest absolute Gasteiger partial charge is 0.0556 e. The molecule has 0 spiro atoms. The van der Waals surface area contributed by atoms with Crippen molar-refractivity contribution in [2.24, 2.45) is 0 Å². The molecule has 114 valence electrons. The van der Waals surface area contributed by atoms with Crippen molar-refractivity contribution in [1.29, 1.82) is 0 Å². The predicted octanol–water partition coefficient (Wildman–Crippen LogP) is 4.60. The number of aryl methyl sites for hydroxylation is 1. The Hall–Kier alpha value is -1.54. The van der Waals surface area contributed by atoms with Gasteiger partial charge in [0.05, 0.1) is 6.04 Å². The van der Waals surface area contributed by atoms with Crippen LogP contribution in [-0.2, 0) is 6.54 Å². The van der Waals surface area contributed by atoms with Gasteiger partial charge >= 0.3 is 0 Å². The Balaban J connectivity index is 2.15. The lowest BCUT2D eigenvalue weighted by Crippen LogP contribution is -2.15. The van der Waals surface area contributed by atoms with Crippen molar-refractivity contribution in [2.45, 2.75) is 53.1 Å². The fourth-order valence-electron chi connectivity index (χ4n) is 3.03. The van der Waals surface area contributed by atoms with E-state index >= 15 is 0 Å². The van der Waals surface area contributed by atoms with Crippen LogP contribution in [0.15, 0.2) is 36.4 Å². The predicted molar refractivity (Wildman–Crippen MR) is 90.8 cm³/mol. The molecule has 0 saturated heterocycles. The molecular weight excluding hydrogens is 256 g/mol. The van der Waals surface area contributed by atoms with Gasteiger partial charge in [0.15, 0.2) is 0 Å². The maximum atomic E-state index is 3.55. The largest absolute Gasteiger partial charge is 0.342 e. The van der Waals surface area contributed by atoms with E-state index in [1.165, 1.54) is 35.4 Å². The van der Waals surface area contributed by atoms with E-state index in [0.717, 1.165) is 13.1 Å². The van der Waals surface area contributed by atoms with Gasteiger partial charge in [-0.1, -0.05) is 43.7 Å². The molecule has 2 nitrogen and oxygen atoms in total. The monoisotopic (exact) mass is 284 g/mol. The highest BCUT2D eigenvalue weighted by Crippen LogP contribution is 2.25. The van der Waals surface area contributed by atoms with Crippen molar-refractivity contribution in [1.82, 2.24) is 9.88 Å². The zero-order valence-corrected chi connectivity index (χ0v) is 13.8. The number of rotatable bonds is 7. The molecule has 0 radical (unpaired) electrons. The van der Waals surface area contributed by atoms with Crippen LogP contribution in [0, 0.1) is 13.8 Å². The summed E-state index contributed by atoms with van der Waals surface area (Å²) in [5.41, 5.74) is 5.51.